The number of hydrogen-bond donors (Lipinski definition) is 1. The van der Waals surface area contributed by atoms with Crippen LogP contribution in [0.15, 0.2) is 30.5 Å². The van der Waals surface area contributed by atoms with Crippen LogP contribution in [0.3, 0.4) is 0 Å². The number of anilines is 3. The molecule has 1 N–H and O–H groups in total. The first kappa shape index (κ1) is 17.2. The van der Waals surface area contributed by atoms with E-state index in [4.69, 9.17) is 0 Å². The lowest BCUT2D eigenvalue weighted by Crippen LogP contribution is -2.73. The van der Waals surface area contributed by atoms with Gasteiger partial charge < -0.3 is 15.1 Å². The van der Waals surface area contributed by atoms with Crippen molar-refractivity contribution in [3.05, 3.63) is 47.2 Å². The van der Waals surface area contributed by atoms with E-state index < -0.39 is 0 Å². The first-order chi connectivity index (χ1) is 13.4. The maximum atomic E-state index is 13.5. The molecule has 1 aromatic carbocycles. The largest absolute Gasteiger partial charge is 0.330 e. The zero-order chi connectivity index (χ0) is 19.6. The predicted molar refractivity (Wildman–Crippen MR) is 107 cm³/mol. The lowest BCUT2D eigenvalue weighted by molar-refractivity contribution is -0.0814. The second-order valence-electron chi connectivity index (χ2n) is 8.43. The highest BCUT2D eigenvalue weighted by atomic mass is 16.2. The maximum absolute atomic E-state index is 13.5. The Bertz CT molecular complexity index is 1000. The fourth-order valence-electron chi connectivity index (χ4n) is 4.68. The molecule has 2 aromatic rings. The summed E-state index contributed by atoms with van der Waals surface area (Å²) in [5.41, 5.74) is 3.92. The Hall–Kier alpha value is -2.93. The van der Waals surface area contributed by atoms with Crippen LogP contribution < -0.4 is 10.2 Å². The number of likely N-dealkylation sites (tertiary alicyclic amines) is 2. The molecule has 0 bridgehead atoms. The van der Waals surface area contributed by atoms with Crippen molar-refractivity contribution in [3.8, 4) is 0 Å². The molecular formula is C21H23N5O2. The fraction of sp³-hybridized carbons (Fsp3) is 0.381. The normalized spacial score (nSPS) is 19.9. The molecule has 7 heteroatoms. The number of amides is 3. The van der Waals surface area contributed by atoms with Gasteiger partial charge in [-0.2, -0.15) is 0 Å². The second kappa shape index (κ2) is 5.78. The van der Waals surface area contributed by atoms with E-state index >= 15 is 0 Å². The van der Waals surface area contributed by atoms with E-state index in [1.165, 1.54) is 0 Å². The molecule has 0 aliphatic carbocycles. The summed E-state index contributed by atoms with van der Waals surface area (Å²) in [6.45, 7) is 7.51. The topological polar surface area (TPSA) is 68.8 Å². The van der Waals surface area contributed by atoms with Crippen LogP contribution in [0.1, 0.15) is 21.5 Å². The van der Waals surface area contributed by atoms with E-state index in [1.54, 1.807) is 23.2 Å². The smallest absolute Gasteiger partial charge is 0.323 e. The van der Waals surface area contributed by atoms with Crippen molar-refractivity contribution in [1.82, 2.24) is 14.8 Å². The minimum Gasteiger partial charge on any atom is -0.323 e. The number of aryl methyl sites for hydroxylation is 2. The van der Waals surface area contributed by atoms with E-state index in [0.29, 0.717) is 22.8 Å². The number of rotatable bonds is 0. The van der Waals surface area contributed by atoms with Gasteiger partial charge in [0.05, 0.1) is 16.9 Å². The predicted octanol–water partition coefficient (Wildman–Crippen LogP) is 2.77. The van der Waals surface area contributed by atoms with E-state index in [-0.39, 0.29) is 17.4 Å². The number of pyridine rings is 1. The Morgan fingerprint density at radius 1 is 1.14 bits per heavy atom. The highest BCUT2D eigenvalue weighted by Crippen LogP contribution is 2.43. The number of aromatic nitrogens is 1. The molecule has 2 saturated heterocycles. The molecule has 0 atom stereocenters. The van der Waals surface area contributed by atoms with E-state index in [1.807, 2.05) is 30.9 Å². The summed E-state index contributed by atoms with van der Waals surface area (Å²) in [6.07, 6.45) is 1.65. The molecule has 144 valence electrons. The molecule has 4 heterocycles. The van der Waals surface area contributed by atoms with Gasteiger partial charge in [-0.05, 0) is 56.3 Å². The maximum Gasteiger partial charge on any atom is 0.330 e. The van der Waals surface area contributed by atoms with Crippen LogP contribution in [-0.4, -0.2) is 59.9 Å². The minimum absolute atomic E-state index is 0.124. The molecule has 0 unspecified atom stereocenters. The quantitative estimate of drug-likeness (QED) is 0.767. The molecule has 3 aliphatic heterocycles. The number of fused-ring (bicyclic) bond motifs is 2. The van der Waals surface area contributed by atoms with Crippen molar-refractivity contribution in [3.63, 3.8) is 0 Å². The van der Waals surface area contributed by atoms with Gasteiger partial charge in [-0.1, -0.05) is 0 Å². The zero-order valence-electron chi connectivity index (χ0n) is 16.3. The van der Waals surface area contributed by atoms with Crippen LogP contribution in [0, 0.1) is 19.3 Å². The van der Waals surface area contributed by atoms with E-state index in [2.05, 4.69) is 22.2 Å². The first-order valence-corrected chi connectivity index (χ1v) is 9.52. The monoisotopic (exact) mass is 377 g/mol. The molecule has 1 aromatic heterocycles. The van der Waals surface area contributed by atoms with E-state index in [9.17, 15) is 9.59 Å². The van der Waals surface area contributed by atoms with Crippen LogP contribution in [0.5, 0.6) is 0 Å². The van der Waals surface area contributed by atoms with E-state index in [0.717, 1.165) is 37.3 Å². The van der Waals surface area contributed by atoms with Gasteiger partial charge in [-0.25, -0.2) is 14.7 Å². The Balaban J connectivity index is 1.58. The highest BCUT2D eigenvalue weighted by Gasteiger charge is 2.53. The van der Waals surface area contributed by atoms with Crippen molar-refractivity contribution in [2.45, 2.75) is 13.8 Å². The van der Waals surface area contributed by atoms with Crippen molar-refractivity contribution in [2.75, 3.05) is 43.4 Å². The van der Waals surface area contributed by atoms with Gasteiger partial charge >= 0.3 is 6.03 Å². The van der Waals surface area contributed by atoms with Crippen LogP contribution >= 0.6 is 0 Å². The summed E-state index contributed by atoms with van der Waals surface area (Å²) >= 11 is 0. The van der Waals surface area contributed by atoms with Crippen molar-refractivity contribution >= 4 is 29.1 Å². The number of nitrogens with one attached hydrogen (secondary N) is 1. The Labute approximate surface area is 163 Å². The SMILES string of the molecule is Cc1cc2c(cc1C)N(C(=O)N1CC3(CN(C)C3)C1)c1ncccc1NC2=O. The molecule has 28 heavy (non-hydrogen) atoms. The molecule has 3 aliphatic rings. The summed E-state index contributed by atoms with van der Waals surface area (Å²) in [6, 6.07) is 7.19. The zero-order valence-corrected chi connectivity index (χ0v) is 16.3. The average Bonchev–Trinajstić information content (AvgIpc) is 2.71. The summed E-state index contributed by atoms with van der Waals surface area (Å²) < 4.78 is 0. The lowest BCUT2D eigenvalue weighted by Gasteiger charge is -2.59. The van der Waals surface area contributed by atoms with Crippen LogP contribution in [-0.2, 0) is 0 Å². The summed E-state index contributed by atoms with van der Waals surface area (Å²) in [7, 11) is 2.10. The van der Waals surface area contributed by atoms with Crippen LogP contribution in [0.2, 0.25) is 0 Å². The number of carbonyl (C=O) groups is 2. The lowest BCUT2D eigenvalue weighted by atomic mass is 9.73. The molecule has 0 radical (unpaired) electrons. The van der Waals surface area contributed by atoms with Crippen molar-refractivity contribution < 1.29 is 9.59 Å². The van der Waals surface area contributed by atoms with Crippen LogP contribution in [0.25, 0.3) is 0 Å². The van der Waals surface area contributed by atoms with Crippen LogP contribution in [0.4, 0.5) is 22.0 Å². The molecule has 0 saturated carbocycles. The third kappa shape index (κ3) is 2.43. The van der Waals surface area contributed by atoms with Crippen molar-refractivity contribution in [2.24, 2.45) is 5.41 Å². The number of nitrogens with zero attached hydrogens (tertiary/aromatic N) is 4. The summed E-state index contributed by atoms with van der Waals surface area (Å²) in [5, 5.41) is 2.91. The van der Waals surface area contributed by atoms with Crippen molar-refractivity contribution in [1.29, 1.82) is 0 Å². The third-order valence-electron chi connectivity index (χ3n) is 6.07. The molecule has 7 nitrogen and oxygen atoms in total. The second-order valence-corrected chi connectivity index (χ2v) is 8.43. The highest BCUT2D eigenvalue weighted by molar-refractivity contribution is 6.17. The summed E-state index contributed by atoms with van der Waals surface area (Å²) in [4.78, 5) is 36.6. The van der Waals surface area contributed by atoms with Gasteiger partial charge in [-0.3, -0.25) is 4.79 Å². The number of hydrogen-bond acceptors (Lipinski definition) is 4. The van der Waals surface area contributed by atoms with Gasteiger partial charge in [0, 0.05) is 37.8 Å². The molecule has 1 spiro atoms. The Morgan fingerprint density at radius 2 is 1.86 bits per heavy atom. The molecular weight excluding hydrogens is 354 g/mol. The minimum atomic E-state index is -0.219. The standard InChI is InChI=1S/C21H23N5O2/c1-13-7-15-17(8-14(13)2)26(18-16(23-19(15)27)5-4-6-22-18)20(28)25-11-21(12-25)9-24(3)10-21/h4-8H,9-12H2,1-3H3,(H,23,27). The number of carbonyl (C=O) groups excluding carboxylic acids is 2. The summed E-state index contributed by atoms with van der Waals surface area (Å²) in [5.74, 6) is 0.248. The van der Waals surface area contributed by atoms with Gasteiger partial charge in [0.1, 0.15) is 0 Å². The third-order valence-corrected chi connectivity index (χ3v) is 6.07. The molecule has 3 amide bonds. The van der Waals surface area contributed by atoms with Gasteiger partial charge in [0.25, 0.3) is 5.91 Å². The van der Waals surface area contributed by atoms with Gasteiger partial charge in [-0.15, -0.1) is 0 Å². The fourth-order valence-corrected chi connectivity index (χ4v) is 4.68. The van der Waals surface area contributed by atoms with Gasteiger partial charge in [0.15, 0.2) is 5.82 Å². The Morgan fingerprint density at radius 3 is 2.57 bits per heavy atom. The molecule has 5 rings (SSSR count). The van der Waals surface area contributed by atoms with Gasteiger partial charge in [0.2, 0.25) is 0 Å². The Kier molecular flexibility index (Phi) is 3.55. The molecule has 2 fully saturated rings. The number of urea groups is 1. The number of benzene rings is 1. The first-order valence-electron chi connectivity index (χ1n) is 9.52. The average molecular weight is 377 g/mol.